The van der Waals surface area contributed by atoms with Crippen LogP contribution in [-0.2, 0) is 0 Å². The van der Waals surface area contributed by atoms with Gasteiger partial charge in [-0.05, 0) is 48.5 Å². The number of aromatic nitrogens is 2. The first-order valence-corrected chi connectivity index (χ1v) is 9.00. The van der Waals surface area contributed by atoms with Crippen LogP contribution >= 0.6 is 0 Å². The van der Waals surface area contributed by atoms with Crippen LogP contribution < -0.4 is 10.6 Å². The average molecular weight is 384 g/mol. The van der Waals surface area contributed by atoms with Crippen LogP contribution in [0.3, 0.4) is 0 Å². The molecule has 0 saturated carbocycles. The molecule has 2 N–H and O–H groups in total. The van der Waals surface area contributed by atoms with Crippen molar-refractivity contribution in [3.05, 3.63) is 103 Å². The Morgan fingerprint density at radius 1 is 0.828 bits per heavy atom. The Bertz CT molecular complexity index is 1130. The van der Waals surface area contributed by atoms with Gasteiger partial charge in [0.1, 0.15) is 11.6 Å². The number of nitrogens with zero attached hydrogens (tertiary/aromatic N) is 2. The summed E-state index contributed by atoms with van der Waals surface area (Å²) >= 11 is 0. The van der Waals surface area contributed by atoms with Crippen LogP contribution in [0.2, 0.25) is 0 Å². The molecular formula is C23H17FN4O. The molecular weight excluding hydrogens is 367 g/mol. The Morgan fingerprint density at radius 2 is 1.62 bits per heavy atom. The zero-order valence-electron chi connectivity index (χ0n) is 15.3. The summed E-state index contributed by atoms with van der Waals surface area (Å²) in [6, 6.07) is 24.2. The number of carbonyl (C=O) groups excluding carboxylic acids is 1. The lowest BCUT2D eigenvalue weighted by Gasteiger charge is -2.09. The molecule has 3 aromatic carbocycles. The second-order valence-corrected chi connectivity index (χ2v) is 6.30. The second-order valence-electron chi connectivity index (χ2n) is 6.30. The molecule has 0 aliphatic rings. The standard InChI is InChI=1S/C23H17FN4O/c24-18-7-4-8-20(15-18)27-23(29)17-9-11-19(12-10-17)26-21-13-14-25-22(28-21)16-5-2-1-3-6-16/h1-15H,(H,27,29)(H,25,26,28). The quantitative estimate of drug-likeness (QED) is 0.491. The Hall–Kier alpha value is -4.06. The first kappa shape index (κ1) is 18.3. The van der Waals surface area contributed by atoms with Crippen LogP contribution in [0.1, 0.15) is 10.4 Å². The summed E-state index contributed by atoms with van der Waals surface area (Å²) in [5.74, 6) is 0.565. The van der Waals surface area contributed by atoms with E-state index in [1.807, 2.05) is 30.3 Å². The zero-order valence-corrected chi connectivity index (χ0v) is 15.3. The van der Waals surface area contributed by atoms with Crippen molar-refractivity contribution in [2.75, 3.05) is 10.6 Å². The highest BCUT2D eigenvalue weighted by atomic mass is 19.1. The molecule has 0 aliphatic heterocycles. The molecule has 0 aliphatic carbocycles. The molecule has 1 aromatic heterocycles. The van der Waals surface area contributed by atoms with E-state index in [2.05, 4.69) is 20.6 Å². The highest BCUT2D eigenvalue weighted by Crippen LogP contribution is 2.20. The number of amides is 1. The number of hydrogen-bond donors (Lipinski definition) is 2. The van der Waals surface area contributed by atoms with Crippen LogP contribution in [-0.4, -0.2) is 15.9 Å². The molecule has 0 radical (unpaired) electrons. The third kappa shape index (κ3) is 4.62. The lowest BCUT2D eigenvalue weighted by molar-refractivity contribution is 0.102. The largest absolute Gasteiger partial charge is 0.340 e. The molecule has 0 atom stereocenters. The molecule has 0 bridgehead atoms. The normalized spacial score (nSPS) is 10.4. The van der Waals surface area contributed by atoms with E-state index in [0.717, 1.165) is 11.3 Å². The third-order valence-electron chi connectivity index (χ3n) is 4.19. The lowest BCUT2D eigenvalue weighted by Crippen LogP contribution is -2.11. The molecule has 4 rings (SSSR count). The SMILES string of the molecule is O=C(Nc1cccc(F)c1)c1ccc(Nc2ccnc(-c3ccccc3)n2)cc1. The van der Waals surface area contributed by atoms with Crippen molar-refractivity contribution in [3.8, 4) is 11.4 Å². The van der Waals surface area contributed by atoms with Crippen molar-refractivity contribution in [1.82, 2.24) is 9.97 Å². The highest BCUT2D eigenvalue weighted by Gasteiger charge is 2.07. The van der Waals surface area contributed by atoms with Gasteiger partial charge >= 0.3 is 0 Å². The maximum atomic E-state index is 13.2. The molecule has 0 unspecified atom stereocenters. The van der Waals surface area contributed by atoms with E-state index in [1.54, 1.807) is 48.7 Å². The third-order valence-corrected chi connectivity index (χ3v) is 4.19. The van der Waals surface area contributed by atoms with Gasteiger partial charge in [0, 0.05) is 28.7 Å². The van der Waals surface area contributed by atoms with Crippen LogP contribution in [0.4, 0.5) is 21.6 Å². The monoisotopic (exact) mass is 384 g/mol. The Morgan fingerprint density at radius 3 is 2.38 bits per heavy atom. The fourth-order valence-electron chi connectivity index (χ4n) is 2.78. The van der Waals surface area contributed by atoms with Crippen molar-refractivity contribution >= 4 is 23.1 Å². The first-order chi connectivity index (χ1) is 14.2. The van der Waals surface area contributed by atoms with Crippen LogP contribution in [0.15, 0.2) is 91.1 Å². The average Bonchev–Trinajstić information content (AvgIpc) is 2.75. The molecule has 142 valence electrons. The molecule has 0 fully saturated rings. The predicted molar refractivity (Wildman–Crippen MR) is 112 cm³/mol. The molecule has 5 nitrogen and oxygen atoms in total. The van der Waals surface area contributed by atoms with Crippen molar-refractivity contribution in [3.63, 3.8) is 0 Å². The van der Waals surface area contributed by atoms with Crippen molar-refractivity contribution in [2.45, 2.75) is 0 Å². The summed E-state index contributed by atoms with van der Waals surface area (Å²) in [4.78, 5) is 21.1. The van der Waals surface area contributed by atoms with Crippen LogP contribution in [0.25, 0.3) is 11.4 Å². The summed E-state index contributed by atoms with van der Waals surface area (Å²) in [7, 11) is 0. The maximum Gasteiger partial charge on any atom is 0.255 e. The van der Waals surface area contributed by atoms with Gasteiger partial charge < -0.3 is 10.6 Å². The maximum absolute atomic E-state index is 13.2. The van der Waals surface area contributed by atoms with Crippen LogP contribution in [0, 0.1) is 5.82 Å². The lowest BCUT2D eigenvalue weighted by atomic mass is 10.2. The number of halogens is 1. The molecule has 0 saturated heterocycles. The van der Waals surface area contributed by atoms with E-state index in [0.29, 0.717) is 22.9 Å². The van der Waals surface area contributed by atoms with Gasteiger partial charge in [0.05, 0.1) is 0 Å². The van der Waals surface area contributed by atoms with Gasteiger partial charge in [-0.3, -0.25) is 4.79 Å². The molecule has 6 heteroatoms. The Labute approximate surface area is 167 Å². The van der Waals surface area contributed by atoms with Crippen molar-refractivity contribution in [1.29, 1.82) is 0 Å². The van der Waals surface area contributed by atoms with E-state index < -0.39 is 5.82 Å². The Kier molecular flexibility index (Phi) is 5.25. The van der Waals surface area contributed by atoms with Gasteiger partial charge in [0.2, 0.25) is 0 Å². The summed E-state index contributed by atoms with van der Waals surface area (Å²) in [6.07, 6.45) is 1.69. The fourth-order valence-corrected chi connectivity index (χ4v) is 2.78. The number of rotatable bonds is 5. The minimum atomic E-state index is -0.401. The second kappa shape index (κ2) is 8.31. The van der Waals surface area contributed by atoms with E-state index in [-0.39, 0.29) is 5.91 Å². The summed E-state index contributed by atoms with van der Waals surface area (Å²) in [6.45, 7) is 0. The van der Waals surface area contributed by atoms with Crippen molar-refractivity contribution in [2.24, 2.45) is 0 Å². The number of benzene rings is 3. The van der Waals surface area contributed by atoms with Gasteiger partial charge in [-0.2, -0.15) is 0 Å². The fraction of sp³-hybridized carbons (Fsp3) is 0. The smallest absolute Gasteiger partial charge is 0.255 e. The van der Waals surface area contributed by atoms with E-state index in [4.69, 9.17) is 0 Å². The summed E-state index contributed by atoms with van der Waals surface area (Å²) in [5.41, 5.74) is 2.59. The number of carbonyl (C=O) groups is 1. The summed E-state index contributed by atoms with van der Waals surface area (Å²) < 4.78 is 13.2. The van der Waals surface area contributed by atoms with Gasteiger partial charge in [-0.15, -0.1) is 0 Å². The minimum absolute atomic E-state index is 0.310. The van der Waals surface area contributed by atoms with Crippen LogP contribution in [0.5, 0.6) is 0 Å². The van der Waals surface area contributed by atoms with E-state index >= 15 is 0 Å². The Balaban J connectivity index is 1.45. The van der Waals surface area contributed by atoms with Gasteiger partial charge in [0.15, 0.2) is 5.82 Å². The topological polar surface area (TPSA) is 66.9 Å². The molecule has 4 aromatic rings. The number of anilines is 3. The highest BCUT2D eigenvalue weighted by molar-refractivity contribution is 6.04. The van der Waals surface area contributed by atoms with Gasteiger partial charge in [-0.25, -0.2) is 14.4 Å². The van der Waals surface area contributed by atoms with Gasteiger partial charge in [-0.1, -0.05) is 36.4 Å². The predicted octanol–water partition coefficient (Wildman–Crippen LogP) is 5.28. The minimum Gasteiger partial charge on any atom is -0.340 e. The first-order valence-electron chi connectivity index (χ1n) is 9.00. The molecule has 29 heavy (non-hydrogen) atoms. The van der Waals surface area contributed by atoms with Crippen molar-refractivity contribution < 1.29 is 9.18 Å². The summed E-state index contributed by atoms with van der Waals surface area (Å²) in [5, 5.41) is 5.88. The molecule has 1 amide bonds. The number of nitrogens with one attached hydrogen (secondary N) is 2. The zero-order chi connectivity index (χ0) is 20.1. The number of hydrogen-bond acceptors (Lipinski definition) is 4. The molecule has 0 spiro atoms. The van der Waals surface area contributed by atoms with Gasteiger partial charge in [0.25, 0.3) is 5.91 Å². The van der Waals surface area contributed by atoms with E-state index in [9.17, 15) is 9.18 Å². The molecule has 1 heterocycles. The van der Waals surface area contributed by atoms with E-state index in [1.165, 1.54) is 12.1 Å².